The Morgan fingerprint density at radius 1 is 1.41 bits per heavy atom. The normalized spacial score (nSPS) is 10.5. The smallest absolute Gasteiger partial charge is 0.119 e. The summed E-state index contributed by atoms with van der Waals surface area (Å²) in [6, 6.07) is 8.12. The van der Waals surface area contributed by atoms with Gasteiger partial charge in [-0.1, -0.05) is 13.0 Å². The quantitative estimate of drug-likeness (QED) is 0.763. The number of methoxy groups -OCH3 is 1. The van der Waals surface area contributed by atoms with Crippen LogP contribution in [0.4, 0.5) is 0 Å². The van der Waals surface area contributed by atoms with Crippen molar-refractivity contribution in [3.05, 3.63) is 40.3 Å². The molecular weight excluding hydrogens is 250 g/mol. The first-order chi connectivity index (χ1) is 8.31. The molecule has 17 heavy (non-hydrogen) atoms. The minimum absolute atomic E-state index is 0.905. The number of hydrogen-bond acceptors (Lipinski definition) is 4. The van der Waals surface area contributed by atoms with Crippen LogP contribution in [0.1, 0.15) is 17.6 Å². The molecule has 2 nitrogen and oxygen atoms in total. The molecule has 0 saturated heterocycles. The van der Waals surface area contributed by atoms with Gasteiger partial charge in [-0.2, -0.15) is 0 Å². The first-order valence-electron chi connectivity index (χ1n) is 5.52. The Morgan fingerprint density at radius 2 is 2.29 bits per heavy atom. The van der Waals surface area contributed by atoms with Gasteiger partial charge in [-0.05, 0) is 24.6 Å². The van der Waals surface area contributed by atoms with E-state index in [0.29, 0.717) is 0 Å². The first kappa shape index (κ1) is 12.5. The molecule has 0 spiro atoms. The first-order valence-corrected chi connectivity index (χ1v) is 7.38. The largest absolute Gasteiger partial charge is 0.497 e. The summed E-state index contributed by atoms with van der Waals surface area (Å²) in [5.41, 5.74) is 1.17. The van der Waals surface area contributed by atoms with Crippen molar-refractivity contribution in [2.75, 3.05) is 7.11 Å². The monoisotopic (exact) mass is 265 g/mol. The lowest BCUT2D eigenvalue weighted by atomic mass is 10.3. The van der Waals surface area contributed by atoms with Crippen molar-refractivity contribution in [3.8, 4) is 5.75 Å². The standard InChI is InChI=1S/C13H15NOS2/c1-3-13-14-10(9-17-13)8-16-12-6-4-5-11(7-12)15-2/h4-7,9H,3,8H2,1-2H3. The summed E-state index contributed by atoms with van der Waals surface area (Å²) in [5, 5.41) is 3.36. The van der Waals surface area contributed by atoms with Gasteiger partial charge in [0, 0.05) is 16.0 Å². The molecule has 0 N–H and O–H groups in total. The number of hydrogen-bond donors (Lipinski definition) is 0. The summed E-state index contributed by atoms with van der Waals surface area (Å²) in [4.78, 5) is 5.77. The Kier molecular flexibility index (Phi) is 4.45. The van der Waals surface area contributed by atoms with Gasteiger partial charge < -0.3 is 4.74 Å². The Labute approximate surface area is 110 Å². The van der Waals surface area contributed by atoms with Crippen LogP contribution in [0.25, 0.3) is 0 Å². The van der Waals surface area contributed by atoms with Crippen molar-refractivity contribution >= 4 is 23.1 Å². The minimum atomic E-state index is 0.905. The zero-order chi connectivity index (χ0) is 12.1. The van der Waals surface area contributed by atoms with Gasteiger partial charge in [0.15, 0.2) is 0 Å². The molecule has 0 aliphatic rings. The van der Waals surface area contributed by atoms with E-state index >= 15 is 0 Å². The Bertz CT molecular complexity index is 482. The van der Waals surface area contributed by atoms with Crippen molar-refractivity contribution < 1.29 is 4.74 Å². The Morgan fingerprint density at radius 3 is 3.00 bits per heavy atom. The van der Waals surface area contributed by atoms with E-state index < -0.39 is 0 Å². The molecule has 0 unspecified atom stereocenters. The van der Waals surface area contributed by atoms with Crippen LogP contribution in [0.2, 0.25) is 0 Å². The number of benzene rings is 1. The predicted molar refractivity (Wildman–Crippen MR) is 74.0 cm³/mol. The number of aryl methyl sites for hydroxylation is 1. The summed E-state index contributed by atoms with van der Waals surface area (Å²) in [5.74, 6) is 1.83. The molecule has 0 bridgehead atoms. The fourth-order valence-corrected chi connectivity index (χ4v) is 3.11. The number of thiazole rings is 1. The van der Waals surface area contributed by atoms with Crippen LogP contribution in [0.3, 0.4) is 0 Å². The molecule has 0 saturated carbocycles. The summed E-state index contributed by atoms with van der Waals surface area (Å²) in [6.07, 6.45) is 1.02. The zero-order valence-corrected chi connectivity index (χ0v) is 11.6. The van der Waals surface area contributed by atoms with E-state index in [0.717, 1.165) is 17.9 Å². The molecule has 0 fully saturated rings. The van der Waals surface area contributed by atoms with Crippen LogP contribution in [-0.2, 0) is 12.2 Å². The van der Waals surface area contributed by atoms with Gasteiger partial charge in [-0.25, -0.2) is 4.98 Å². The highest BCUT2D eigenvalue weighted by Crippen LogP contribution is 2.26. The van der Waals surface area contributed by atoms with Crippen molar-refractivity contribution in [2.24, 2.45) is 0 Å². The molecule has 0 aliphatic carbocycles. The van der Waals surface area contributed by atoms with Crippen LogP contribution < -0.4 is 4.74 Å². The van der Waals surface area contributed by atoms with Crippen molar-refractivity contribution in [3.63, 3.8) is 0 Å². The van der Waals surface area contributed by atoms with E-state index in [4.69, 9.17) is 4.74 Å². The SMILES string of the molecule is CCc1nc(CSc2cccc(OC)c2)cs1. The second kappa shape index (κ2) is 6.07. The van der Waals surface area contributed by atoms with E-state index in [2.05, 4.69) is 29.4 Å². The average molecular weight is 265 g/mol. The van der Waals surface area contributed by atoms with Crippen LogP contribution in [0.5, 0.6) is 5.75 Å². The minimum Gasteiger partial charge on any atom is -0.497 e. The highest BCUT2D eigenvalue weighted by Gasteiger charge is 2.02. The van der Waals surface area contributed by atoms with E-state index in [-0.39, 0.29) is 0 Å². The fourth-order valence-electron chi connectivity index (χ4n) is 1.43. The van der Waals surface area contributed by atoms with Crippen molar-refractivity contribution in [1.29, 1.82) is 0 Å². The average Bonchev–Trinajstić information content (AvgIpc) is 2.84. The van der Waals surface area contributed by atoms with Gasteiger partial charge in [-0.15, -0.1) is 23.1 Å². The van der Waals surface area contributed by atoms with Gasteiger partial charge in [0.25, 0.3) is 0 Å². The van der Waals surface area contributed by atoms with E-state index in [9.17, 15) is 0 Å². The maximum Gasteiger partial charge on any atom is 0.119 e. The number of ether oxygens (including phenoxy) is 1. The number of aromatic nitrogens is 1. The highest BCUT2D eigenvalue weighted by molar-refractivity contribution is 7.98. The lowest BCUT2D eigenvalue weighted by molar-refractivity contribution is 0.413. The van der Waals surface area contributed by atoms with Crippen LogP contribution >= 0.6 is 23.1 Å². The molecule has 2 rings (SSSR count). The fraction of sp³-hybridized carbons (Fsp3) is 0.308. The molecule has 90 valence electrons. The second-order valence-electron chi connectivity index (χ2n) is 3.55. The van der Waals surface area contributed by atoms with Crippen LogP contribution in [0, 0.1) is 0 Å². The number of thioether (sulfide) groups is 1. The van der Waals surface area contributed by atoms with E-state index in [1.807, 2.05) is 12.1 Å². The molecule has 0 radical (unpaired) electrons. The van der Waals surface area contributed by atoms with E-state index in [1.54, 1.807) is 30.2 Å². The van der Waals surface area contributed by atoms with E-state index in [1.165, 1.54) is 15.6 Å². The predicted octanol–water partition coefficient (Wildman–Crippen LogP) is 4.01. The zero-order valence-electron chi connectivity index (χ0n) is 9.97. The molecule has 1 aromatic carbocycles. The molecule has 1 aromatic heterocycles. The van der Waals surface area contributed by atoms with Gasteiger partial charge in [-0.3, -0.25) is 0 Å². The maximum atomic E-state index is 5.20. The molecule has 0 atom stereocenters. The number of nitrogens with zero attached hydrogens (tertiary/aromatic N) is 1. The molecule has 0 aliphatic heterocycles. The third-order valence-electron chi connectivity index (χ3n) is 2.33. The third-order valence-corrected chi connectivity index (χ3v) is 4.40. The highest BCUT2D eigenvalue weighted by atomic mass is 32.2. The molecule has 2 aromatic rings. The number of rotatable bonds is 5. The molecule has 0 amide bonds. The molecule has 1 heterocycles. The summed E-state index contributed by atoms with van der Waals surface area (Å²) >= 11 is 3.53. The summed E-state index contributed by atoms with van der Waals surface area (Å²) in [6.45, 7) is 2.14. The molecule has 4 heteroatoms. The van der Waals surface area contributed by atoms with Gasteiger partial charge in [0.1, 0.15) is 5.75 Å². The summed E-state index contributed by atoms with van der Waals surface area (Å²) < 4.78 is 5.20. The third kappa shape index (κ3) is 3.48. The van der Waals surface area contributed by atoms with Gasteiger partial charge in [0.05, 0.1) is 17.8 Å². The van der Waals surface area contributed by atoms with Gasteiger partial charge >= 0.3 is 0 Å². The Hall–Kier alpha value is -1.000. The van der Waals surface area contributed by atoms with Crippen LogP contribution in [0.15, 0.2) is 34.5 Å². The van der Waals surface area contributed by atoms with Gasteiger partial charge in [0.2, 0.25) is 0 Å². The summed E-state index contributed by atoms with van der Waals surface area (Å²) in [7, 11) is 1.69. The second-order valence-corrected chi connectivity index (χ2v) is 5.55. The van der Waals surface area contributed by atoms with Crippen molar-refractivity contribution in [2.45, 2.75) is 24.0 Å². The van der Waals surface area contributed by atoms with Crippen molar-refractivity contribution in [1.82, 2.24) is 4.98 Å². The molecular formula is C13H15NOS2. The van der Waals surface area contributed by atoms with Crippen LogP contribution in [-0.4, -0.2) is 12.1 Å². The lowest BCUT2D eigenvalue weighted by Gasteiger charge is -2.02. The Balaban J connectivity index is 1.96. The lowest BCUT2D eigenvalue weighted by Crippen LogP contribution is -1.84. The maximum absolute atomic E-state index is 5.20. The topological polar surface area (TPSA) is 22.1 Å².